The fourth-order valence-electron chi connectivity index (χ4n) is 3.48. The van der Waals surface area contributed by atoms with Gasteiger partial charge >= 0.3 is 0 Å². The Balaban J connectivity index is 3.05. The minimum Gasteiger partial charge on any atom is -0.856 e. The van der Waals surface area contributed by atoms with Crippen molar-refractivity contribution in [2.75, 3.05) is 0 Å². The first-order chi connectivity index (χ1) is 14.3. The number of aliphatic hydroxyl groups excluding tert-OH is 3. The lowest BCUT2D eigenvalue weighted by Crippen LogP contribution is -2.69. The topological polar surface area (TPSA) is 158 Å². The number of hydrogen-bond acceptors (Lipinski definition) is 9. The molecule has 1 aliphatic carbocycles. The first-order valence-corrected chi connectivity index (χ1v) is 11.2. The molecule has 30 heavy (non-hydrogen) atoms. The van der Waals surface area contributed by atoms with Gasteiger partial charge in [-0.3, -0.25) is 0 Å². The van der Waals surface area contributed by atoms with Crippen molar-refractivity contribution in [3.8, 4) is 0 Å². The molecule has 0 aromatic rings. The standard InChI is InChI=1S/C18H36B3O9/c1-4-7-10-19(25)28-16-14(23)13(22)15(24)17(29-20(26)11-8-5-2)18(16)30-21(27)12-9-6-3/h13-18,22-24H,4-12H2,1-3H3/q-3/t13?,14-,15-,16-,17-,18?/m1/s1. The van der Waals surface area contributed by atoms with E-state index in [0.717, 1.165) is 19.3 Å². The molecule has 1 fully saturated rings. The minimum absolute atomic E-state index is 0.175. The minimum atomic E-state index is -1.71. The third-order valence-electron chi connectivity index (χ3n) is 5.33. The second-order valence-corrected chi connectivity index (χ2v) is 7.99. The van der Waals surface area contributed by atoms with E-state index in [1.165, 1.54) is 0 Å². The van der Waals surface area contributed by atoms with Gasteiger partial charge in [-0.2, -0.15) is 0 Å². The second kappa shape index (κ2) is 14.8. The van der Waals surface area contributed by atoms with Crippen molar-refractivity contribution in [2.24, 2.45) is 0 Å². The summed E-state index contributed by atoms with van der Waals surface area (Å²) in [5.41, 5.74) is 0. The molecule has 174 valence electrons. The van der Waals surface area contributed by atoms with Crippen molar-refractivity contribution < 1.29 is 44.4 Å². The summed E-state index contributed by atoms with van der Waals surface area (Å²) < 4.78 is 16.3. The number of unbranched alkanes of at least 4 members (excludes halogenated alkanes) is 3. The number of aliphatic hydroxyl groups is 3. The van der Waals surface area contributed by atoms with Gasteiger partial charge in [0, 0.05) is 0 Å². The number of rotatable bonds is 15. The Hall–Kier alpha value is -0.165. The van der Waals surface area contributed by atoms with Gasteiger partial charge in [0.1, 0.15) is 18.3 Å². The zero-order valence-corrected chi connectivity index (χ0v) is 18.4. The highest BCUT2D eigenvalue weighted by atomic mass is 16.6. The SMILES string of the molecule is CCCCB([O-])OC1[C@H](OB([O-])CCCC)[C@H](O)C(O)[C@@H](O)[C@H]1OB([O-])CCCC. The third-order valence-corrected chi connectivity index (χ3v) is 5.33. The van der Waals surface area contributed by atoms with Crippen LogP contribution in [0.15, 0.2) is 0 Å². The predicted octanol–water partition coefficient (Wildman–Crippen LogP) is -1.82. The van der Waals surface area contributed by atoms with Gasteiger partial charge in [-0.15, -0.1) is 0 Å². The highest BCUT2D eigenvalue weighted by Crippen LogP contribution is 2.30. The van der Waals surface area contributed by atoms with E-state index < -0.39 is 58.0 Å². The monoisotopic (exact) mass is 429 g/mol. The second-order valence-electron chi connectivity index (χ2n) is 7.99. The molecule has 3 N–H and O–H groups in total. The Morgan fingerprint density at radius 2 is 0.867 bits per heavy atom. The van der Waals surface area contributed by atoms with Crippen molar-refractivity contribution >= 4 is 21.4 Å². The van der Waals surface area contributed by atoms with Crippen molar-refractivity contribution in [2.45, 2.75) is 115 Å². The molecule has 0 radical (unpaired) electrons. The highest BCUT2D eigenvalue weighted by molar-refractivity contribution is 6.41. The van der Waals surface area contributed by atoms with Crippen LogP contribution in [-0.4, -0.2) is 73.3 Å². The van der Waals surface area contributed by atoms with E-state index in [4.69, 9.17) is 14.0 Å². The first kappa shape index (κ1) is 27.9. The quantitative estimate of drug-likeness (QED) is 0.255. The van der Waals surface area contributed by atoms with Crippen LogP contribution in [0.3, 0.4) is 0 Å². The summed E-state index contributed by atoms with van der Waals surface area (Å²) in [5, 5.41) is 68.0. The maximum Gasteiger partial charge on any atom is 0.183 e. The van der Waals surface area contributed by atoms with Crippen LogP contribution in [0.4, 0.5) is 0 Å². The molecule has 0 heterocycles. The molecule has 1 rings (SSSR count). The maximum atomic E-state index is 12.3. The van der Waals surface area contributed by atoms with Crippen LogP contribution >= 0.6 is 0 Å². The normalized spacial score (nSPS) is 29.1. The van der Waals surface area contributed by atoms with Crippen molar-refractivity contribution in [1.82, 2.24) is 0 Å². The zero-order chi connectivity index (χ0) is 22.7. The van der Waals surface area contributed by atoms with E-state index in [0.29, 0.717) is 19.3 Å². The van der Waals surface area contributed by atoms with Gasteiger partial charge in [0.2, 0.25) is 0 Å². The van der Waals surface area contributed by atoms with Crippen LogP contribution in [0.5, 0.6) is 0 Å². The summed E-state index contributed by atoms with van der Waals surface area (Å²) in [7, 11) is -4.53. The van der Waals surface area contributed by atoms with Crippen LogP contribution < -0.4 is 15.1 Å². The lowest BCUT2D eigenvalue weighted by Gasteiger charge is -2.50. The average Bonchev–Trinajstić information content (AvgIpc) is 2.73. The van der Waals surface area contributed by atoms with Crippen molar-refractivity contribution in [3.63, 3.8) is 0 Å². The van der Waals surface area contributed by atoms with Crippen molar-refractivity contribution in [1.29, 1.82) is 0 Å². The largest absolute Gasteiger partial charge is 0.856 e. The summed E-state index contributed by atoms with van der Waals surface area (Å²) in [6, 6.07) is 0. The van der Waals surface area contributed by atoms with E-state index >= 15 is 0 Å². The van der Waals surface area contributed by atoms with Gasteiger partial charge in [-0.1, -0.05) is 78.3 Å². The lowest BCUT2D eigenvalue weighted by atomic mass is 9.75. The van der Waals surface area contributed by atoms with E-state index in [9.17, 15) is 30.4 Å². The van der Waals surface area contributed by atoms with Crippen LogP contribution in [0.2, 0.25) is 19.0 Å². The summed E-state index contributed by atoms with van der Waals surface area (Å²) in [4.78, 5) is 0. The van der Waals surface area contributed by atoms with E-state index in [2.05, 4.69) is 0 Å². The van der Waals surface area contributed by atoms with Gasteiger partial charge in [0.05, 0.1) is 18.3 Å². The molecule has 4 atom stereocenters. The molecule has 0 bridgehead atoms. The van der Waals surface area contributed by atoms with E-state index in [-0.39, 0.29) is 19.0 Å². The zero-order valence-electron chi connectivity index (χ0n) is 18.4. The first-order valence-electron chi connectivity index (χ1n) is 11.2. The van der Waals surface area contributed by atoms with Gasteiger partial charge < -0.3 is 44.4 Å². The van der Waals surface area contributed by atoms with Crippen LogP contribution in [0.1, 0.15) is 59.3 Å². The molecule has 12 heteroatoms. The smallest absolute Gasteiger partial charge is 0.183 e. The molecular formula is C18H36B3O9-3. The average molecular weight is 429 g/mol. The molecule has 0 aromatic carbocycles. The molecule has 1 saturated carbocycles. The Morgan fingerprint density at radius 1 is 0.567 bits per heavy atom. The van der Waals surface area contributed by atoms with E-state index in [1.54, 1.807) is 0 Å². The molecule has 0 spiro atoms. The van der Waals surface area contributed by atoms with E-state index in [1.807, 2.05) is 20.8 Å². The summed E-state index contributed by atoms with van der Waals surface area (Å²) in [5.74, 6) is 0. The Bertz CT molecular complexity index is 421. The summed E-state index contributed by atoms with van der Waals surface area (Å²) in [6.07, 6.45) is -4.53. The Labute approximate surface area is 181 Å². The van der Waals surface area contributed by atoms with Gasteiger partial charge in [0.25, 0.3) is 0 Å². The van der Waals surface area contributed by atoms with Crippen LogP contribution in [0.25, 0.3) is 0 Å². The lowest BCUT2D eigenvalue weighted by molar-refractivity contribution is -0.284. The summed E-state index contributed by atoms with van der Waals surface area (Å²) >= 11 is 0. The third kappa shape index (κ3) is 8.76. The molecule has 0 unspecified atom stereocenters. The Kier molecular flexibility index (Phi) is 13.8. The van der Waals surface area contributed by atoms with Gasteiger partial charge in [0.15, 0.2) is 21.4 Å². The molecule has 0 saturated heterocycles. The molecule has 1 aliphatic rings. The fourth-order valence-corrected chi connectivity index (χ4v) is 3.48. The number of hydrogen-bond donors (Lipinski definition) is 3. The van der Waals surface area contributed by atoms with Crippen LogP contribution in [-0.2, 0) is 14.0 Å². The summed E-state index contributed by atoms with van der Waals surface area (Å²) in [6.45, 7) is 5.75. The highest BCUT2D eigenvalue weighted by Gasteiger charge is 2.51. The van der Waals surface area contributed by atoms with Crippen molar-refractivity contribution in [3.05, 3.63) is 0 Å². The van der Waals surface area contributed by atoms with Crippen LogP contribution in [0, 0.1) is 0 Å². The fraction of sp³-hybridized carbons (Fsp3) is 1.00. The molecule has 9 nitrogen and oxygen atoms in total. The predicted molar refractivity (Wildman–Crippen MR) is 109 cm³/mol. The molecule has 0 amide bonds. The molecular weight excluding hydrogens is 393 g/mol. The van der Waals surface area contributed by atoms with Gasteiger partial charge in [-0.05, 0) is 0 Å². The molecule has 0 aromatic heterocycles. The molecule has 0 aliphatic heterocycles. The Morgan fingerprint density at radius 3 is 1.17 bits per heavy atom. The maximum absolute atomic E-state index is 12.3. The van der Waals surface area contributed by atoms with Gasteiger partial charge in [-0.25, -0.2) is 0 Å².